The third-order valence-corrected chi connectivity index (χ3v) is 6.55. The van der Waals surface area contributed by atoms with E-state index in [1.54, 1.807) is 0 Å². The molecule has 6 nitrogen and oxygen atoms in total. The monoisotopic (exact) mass is 520 g/mol. The SMILES string of the molecule is C/C(=N/NC(=O)c1cc(-c2ccc(C(C)(C)C)cc2)nc2ccccc12)c1cccc(NC(=O)C(C)(C)C)c1. The molecule has 2 N–H and O–H groups in total. The van der Waals surface area contributed by atoms with Crippen molar-refractivity contribution in [2.45, 2.75) is 53.9 Å². The minimum atomic E-state index is -0.506. The average molecular weight is 521 g/mol. The molecule has 0 atom stereocenters. The summed E-state index contributed by atoms with van der Waals surface area (Å²) in [5.74, 6) is -0.395. The van der Waals surface area contributed by atoms with Crippen molar-refractivity contribution in [1.29, 1.82) is 0 Å². The molecule has 0 bridgehead atoms. The number of para-hydroxylation sites is 1. The van der Waals surface area contributed by atoms with Crippen molar-refractivity contribution >= 4 is 34.1 Å². The maximum atomic E-state index is 13.4. The number of carbonyl (C=O) groups is 2. The van der Waals surface area contributed by atoms with E-state index in [9.17, 15) is 9.59 Å². The molecule has 4 rings (SSSR count). The summed E-state index contributed by atoms with van der Waals surface area (Å²) >= 11 is 0. The van der Waals surface area contributed by atoms with Gasteiger partial charge in [0.25, 0.3) is 5.91 Å². The maximum absolute atomic E-state index is 13.4. The number of benzene rings is 3. The second-order valence-electron chi connectivity index (χ2n) is 11.8. The lowest BCUT2D eigenvalue weighted by molar-refractivity contribution is -0.123. The standard InChI is InChI=1S/C33H36N4O2/c1-21(23-11-10-12-25(19-23)34-31(39)33(5,6)7)36-37-30(38)27-20-29(35-28-14-9-8-13-26(27)28)22-15-17-24(18-16-22)32(2,3)4/h8-20H,1-7H3,(H,34,39)(H,37,38)/b36-21-. The Hall–Kier alpha value is -4.32. The van der Waals surface area contributed by atoms with Crippen LogP contribution in [0.3, 0.4) is 0 Å². The minimum Gasteiger partial charge on any atom is -0.326 e. The van der Waals surface area contributed by atoms with Crippen molar-refractivity contribution < 1.29 is 9.59 Å². The van der Waals surface area contributed by atoms with Gasteiger partial charge < -0.3 is 5.32 Å². The van der Waals surface area contributed by atoms with Crippen LogP contribution in [0, 0.1) is 5.41 Å². The fourth-order valence-electron chi connectivity index (χ4n) is 4.05. The zero-order chi connectivity index (χ0) is 28.4. The molecule has 0 aliphatic carbocycles. The number of pyridine rings is 1. The van der Waals surface area contributed by atoms with Crippen molar-refractivity contribution in [1.82, 2.24) is 10.4 Å². The highest BCUT2D eigenvalue weighted by molar-refractivity contribution is 6.08. The average Bonchev–Trinajstić information content (AvgIpc) is 2.90. The van der Waals surface area contributed by atoms with E-state index < -0.39 is 5.41 Å². The van der Waals surface area contributed by atoms with E-state index in [0.29, 0.717) is 17.0 Å². The van der Waals surface area contributed by atoms with Crippen LogP contribution >= 0.6 is 0 Å². The number of nitrogens with one attached hydrogen (secondary N) is 2. The van der Waals surface area contributed by atoms with Crippen molar-refractivity contribution in [3.63, 3.8) is 0 Å². The van der Waals surface area contributed by atoms with E-state index >= 15 is 0 Å². The van der Waals surface area contributed by atoms with Crippen LogP contribution in [0.5, 0.6) is 0 Å². The molecule has 3 aromatic carbocycles. The van der Waals surface area contributed by atoms with Crippen LogP contribution in [0.4, 0.5) is 5.69 Å². The van der Waals surface area contributed by atoms with Gasteiger partial charge in [-0.05, 0) is 47.7 Å². The highest BCUT2D eigenvalue weighted by Gasteiger charge is 2.21. The number of fused-ring (bicyclic) bond motifs is 1. The molecule has 1 heterocycles. The van der Waals surface area contributed by atoms with Gasteiger partial charge in [-0.25, -0.2) is 10.4 Å². The Kier molecular flexibility index (Phi) is 7.68. The number of aromatic nitrogens is 1. The Morgan fingerprint density at radius 1 is 0.821 bits per heavy atom. The number of amides is 2. The first-order valence-corrected chi connectivity index (χ1v) is 13.1. The van der Waals surface area contributed by atoms with Gasteiger partial charge in [-0.3, -0.25) is 9.59 Å². The summed E-state index contributed by atoms with van der Waals surface area (Å²) in [5.41, 5.74) is 8.48. The molecule has 0 fully saturated rings. The summed E-state index contributed by atoms with van der Waals surface area (Å²) in [6, 6.07) is 25.1. The Balaban J connectivity index is 1.61. The van der Waals surface area contributed by atoms with Crippen LogP contribution < -0.4 is 10.7 Å². The molecule has 200 valence electrons. The van der Waals surface area contributed by atoms with Crippen LogP contribution in [-0.4, -0.2) is 22.5 Å². The second kappa shape index (κ2) is 10.8. The van der Waals surface area contributed by atoms with Crippen molar-refractivity contribution in [2.24, 2.45) is 10.5 Å². The number of hydrogen-bond acceptors (Lipinski definition) is 4. The van der Waals surface area contributed by atoms with Gasteiger partial charge in [0.1, 0.15) is 0 Å². The van der Waals surface area contributed by atoms with Gasteiger partial charge in [0.2, 0.25) is 5.91 Å². The lowest BCUT2D eigenvalue weighted by Gasteiger charge is -2.19. The van der Waals surface area contributed by atoms with Gasteiger partial charge in [-0.2, -0.15) is 5.10 Å². The first kappa shape index (κ1) is 27.7. The topological polar surface area (TPSA) is 83.4 Å². The van der Waals surface area contributed by atoms with Gasteiger partial charge in [0.15, 0.2) is 0 Å². The van der Waals surface area contributed by atoms with Crippen molar-refractivity contribution in [3.05, 3.63) is 95.6 Å². The van der Waals surface area contributed by atoms with Crippen LogP contribution in [0.2, 0.25) is 0 Å². The lowest BCUT2D eigenvalue weighted by atomic mass is 9.86. The van der Waals surface area contributed by atoms with Crippen LogP contribution in [0.15, 0.2) is 84.0 Å². The third-order valence-electron chi connectivity index (χ3n) is 6.55. The molecular formula is C33H36N4O2. The first-order valence-electron chi connectivity index (χ1n) is 13.1. The zero-order valence-corrected chi connectivity index (χ0v) is 23.7. The predicted molar refractivity (Wildman–Crippen MR) is 160 cm³/mol. The Labute approximate surface area is 230 Å². The molecule has 0 aliphatic rings. The van der Waals surface area contributed by atoms with E-state index in [2.05, 4.69) is 48.7 Å². The van der Waals surface area contributed by atoms with Crippen LogP contribution in [-0.2, 0) is 10.2 Å². The third kappa shape index (κ3) is 6.58. The molecule has 0 spiro atoms. The minimum absolute atomic E-state index is 0.0496. The summed E-state index contributed by atoms with van der Waals surface area (Å²) in [6.07, 6.45) is 0. The first-order chi connectivity index (χ1) is 18.3. The van der Waals surface area contributed by atoms with E-state index in [1.165, 1.54) is 5.56 Å². The molecule has 6 heteroatoms. The molecule has 4 aromatic rings. The molecule has 1 aromatic heterocycles. The van der Waals surface area contributed by atoms with E-state index in [4.69, 9.17) is 4.98 Å². The number of carbonyl (C=O) groups excluding carboxylic acids is 2. The van der Waals surface area contributed by atoms with Gasteiger partial charge in [-0.1, -0.05) is 96.1 Å². The molecule has 0 saturated heterocycles. The summed E-state index contributed by atoms with van der Waals surface area (Å²) in [6.45, 7) is 14.0. The highest BCUT2D eigenvalue weighted by atomic mass is 16.2. The summed E-state index contributed by atoms with van der Waals surface area (Å²) < 4.78 is 0. The predicted octanol–water partition coefficient (Wildman–Crippen LogP) is 7.34. The molecular weight excluding hydrogens is 484 g/mol. The number of nitrogens with zero attached hydrogens (tertiary/aromatic N) is 2. The van der Waals surface area contributed by atoms with E-state index in [1.807, 2.05) is 94.4 Å². The number of hydrogen-bond donors (Lipinski definition) is 2. The number of hydrazone groups is 1. The van der Waals surface area contributed by atoms with Crippen LogP contribution in [0.1, 0.15) is 70.0 Å². The van der Waals surface area contributed by atoms with Crippen LogP contribution in [0.25, 0.3) is 22.2 Å². The molecule has 0 radical (unpaired) electrons. The quantitative estimate of drug-likeness (QED) is 0.213. The molecule has 2 amide bonds. The fourth-order valence-corrected chi connectivity index (χ4v) is 4.05. The second-order valence-corrected chi connectivity index (χ2v) is 11.8. The Bertz CT molecular complexity index is 1560. The number of anilines is 1. The molecule has 0 aliphatic heterocycles. The highest BCUT2D eigenvalue weighted by Crippen LogP contribution is 2.28. The molecule has 0 unspecified atom stereocenters. The lowest BCUT2D eigenvalue weighted by Crippen LogP contribution is -2.27. The normalized spacial score (nSPS) is 12.3. The van der Waals surface area contributed by atoms with Gasteiger partial charge in [0.05, 0.1) is 22.5 Å². The Morgan fingerprint density at radius 2 is 1.51 bits per heavy atom. The fraction of sp³-hybridized carbons (Fsp3) is 0.273. The molecule has 39 heavy (non-hydrogen) atoms. The largest absolute Gasteiger partial charge is 0.326 e. The van der Waals surface area contributed by atoms with E-state index in [-0.39, 0.29) is 17.2 Å². The molecule has 0 saturated carbocycles. The summed E-state index contributed by atoms with van der Waals surface area (Å²) in [5, 5.41) is 8.06. The smallest absolute Gasteiger partial charge is 0.272 e. The number of rotatable bonds is 5. The zero-order valence-electron chi connectivity index (χ0n) is 23.7. The van der Waals surface area contributed by atoms with Gasteiger partial charge in [-0.15, -0.1) is 0 Å². The summed E-state index contributed by atoms with van der Waals surface area (Å²) in [7, 11) is 0. The summed E-state index contributed by atoms with van der Waals surface area (Å²) in [4.78, 5) is 30.6. The van der Waals surface area contributed by atoms with E-state index in [0.717, 1.165) is 27.7 Å². The van der Waals surface area contributed by atoms with Crippen molar-refractivity contribution in [3.8, 4) is 11.3 Å². The maximum Gasteiger partial charge on any atom is 0.272 e. The van der Waals surface area contributed by atoms with Crippen molar-refractivity contribution in [2.75, 3.05) is 5.32 Å². The van der Waals surface area contributed by atoms with Gasteiger partial charge >= 0.3 is 0 Å². The van der Waals surface area contributed by atoms with Gasteiger partial charge in [0, 0.05) is 22.1 Å². The Morgan fingerprint density at radius 3 is 2.18 bits per heavy atom.